The summed E-state index contributed by atoms with van der Waals surface area (Å²) in [5, 5.41) is 9.37. The number of rotatable bonds is 1. The van der Waals surface area contributed by atoms with Crippen molar-refractivity contribution in [1.82, 2.24) is 0 Å². The number of amides is 1. The van der Waals surface area contributed by atoms with Gasteiger partial charge in [-0.1, -0.05) is 11.6 Å². The maximum atomic E-state index is 11.3. The SMILES string of the molecule is N#Cc1ccc(Cl)cc1N1CCOC1=O. The standard InChI is InChI=1S/C10H7ClN2O2/c11-8-2-1-7(6-12)9(5-8)13-3-4-15-10(13)14/h1-2,5H,3-4H2. The third-order valence-corrected chi connectivity index (χ3v) is 2.37. The second-order valence-electron chi connectivity index (χ2n) is 3.04. The highest BCUT2D eigenvalue weighted by Gasteiger charge is 2.25. The molecule has 0 saturated carbocycles. The van der Waals surface area contributed by atoms with Crippen molar-refractivity contribution in [3.63, 3.8) is 0 Å². The first kappa shape index (κ1) is 9.81. The average molecular weight is 223 g/mol. The zero-order chi connectivity index (χ0) is 10.8. The van der Waals surface area contributed by atoms with E-state index in [1.807, 2.05) is 6.07 Å². The molecule has 2 rings (SSSR count). The van der Waals surface area contributed by atoms with Crippen LogP contribution in [0.2, 0.25) is 5.02 Å². The van der Waals surface area contributed by atoms with E-state index in [4.69, 9.17) is 21.6 Å². The summed E-state index contributed by atoms with van der Waals surface area (Å²) in [6.07, 6.45) is -0.436. The highest BCUT2D eigenvalue weighted by Crippen LogP contribution is 2.26. The molecule has 1 aromatic rings. The average Bonchev–Trinajstić information content (AvgIpc) is 2.64. The summed E-state index contributed by atoms with van der Waals surface area (Å²) in [7, 11) is 0. The van der Waals surface area contributed by atoms with Crippen molar-refractivity contribution in [1.29, 1.82) is 5.26 Å². The Balaban J connectivity index is 2.46. The van der Waals surface area contributed by atoms with E-state index in [-0.39, 0.29) is 0 Å². The van der Waals surface area contributed by atoms with E-state index in [1.165, 1.54) is 4.90 Å². The summed E-state index contributed by atoms with van der Waals surface area (Å²) < 4.78 is 4.79. The molecule has 0 unspecified atom stereocenters. The molecule has 1 aliphatic heterocycles. The molecule has 1 aliphatic rings. The van der Waals surface area contributed by atoms with Gasteiger partial charge in [0.1, 0.15) is 12.7 Å². The fourth-order valence-corrected chi connectivity index (χ4v) is 1.60. The zero-order valence-electron chi connectivity index (χ0n) is 7.74. The summed E-state index contributed by atoms with van der Waals surface area (Å²) in [5.74, 6) is 0. The van der Waals surface area contributed by atoms with Gasteiger partial charge >= 0.3 is 6.09 Å². The monoisotopic (exact) mass is 222 g/mol. The van der Waals surface area contributed by atoms with Crippen LogP contribution in [-0.2, 0) is 4.74 Å². The zero-order valence-corrected chi connectivity index (χ0v) is 8.49. The highest BCUT2D eigenvalue weighted by molar-refractivity contribution is 6.31. The molecule has 0 atom stereocenters. The molecule has 1 saturated heterocycles. The Hall–Kier alpha value is -1.73. The van der Waals surface area contributed by atoms with Gasteiger partial charge in [0, 0.05) is 5.02 Å². The fourth-order valence-electron chi connectivity index (χ4n) is 1.43. The summed E-state index contributed by atoms with van der Waals surface area (Å²) in [5.41, 5.74) is 0.922. The molecule has 0 aromatic heterocycles. The van der Waals surface area contributed by atoms with Gasteiger partial charge in [0.15, 0.2) is 0 Å². The molecule has 15 heavy (non-hydrogen) atoms. The van der Waals surface area contributed by atoms with E-state index in [9.17, 15) is 4.79 Å². The predicted molar refractivity (Wildman–Crippen MR) is 54.9 cm³/mol. The molecule has 4 nitrogen and oxygen atoms in total. The lowest BCUT2D eigenvalue weighted by molar-refractivity contribution is 0.181. The Morgan fingerprint density at radius 1 is 1.53 bits per heavy atom. The molecule has 5 heteroatoms. The van der Waals surface area contributed by atoms with Crippen molar-refractivity contribution in [2.24, 2.45) is 0 Å². The summed E-state index contributed by atoms with van der Waals surface area (Å²) in [4.78, 5) is 12.7. The normalized spacial score (nSPS) is 14.9. The molecule has 0 aliphatic carbocycles. The second kappa shape index (κ2) is 3.79. The Morgan fingerprint density at radius 3 is 2.93 bits per heavy atom. The number of anilines is 1. The van der Waals surface area contributed by atoms with E-state index in [1.54, 1.807) is 18.2 Å². The van der Waals surface area contributed by atoms with Gasteiger partial charge in [0.2, 0.25) is 0 Å². The van der Waals surface area contributed by atoms with Crippen LogP contribution in [0.25, 0.3) is 0 Å². The van der Waals surface area contributed by atoms with Crippen LogP contribution in [0.4, 0.5) is 10.5 Å². The lowest BCUT2D eigenvalue weighted by atomic mass is 10.2. The third kappa shape index (κ3) is 1.74. The van der Waals surface area contributed by atoms with E-state index in [2.05, 4.69) is 0 Å². The first-order valence-electron chi connectivity index (χ1n) is 4.36. The topological polar surface area (TPSA) is 53.3 Å². The Bertz CT molecular complexity index is 453. The van der Waals surface area contributed by atoms with Crippen molar-refractivity contribution in [3.05, 3.63) is 28.8 Å². The molecule has 1 amide bonds. The van der Waals surface area contributed by atoms with Crippen molar-refractivity contribution in [2.45, 2.75) is 0 Å². The number of carbonyl (C=O) groups is 1. The number of hydrogen-bond acceptors (Lipinski definition) is 3. The molecule has 0 spiro atoms. The maximum Gasteiger partial charge on any atom is 0.414 e. The minimum Gasteiger partial charge on any atom is -0.447 e. The van der Waals surface area contributed by atoms with Gasteiger partial charge in [-0.15, -0.1) is 0 Å². The molecule has 1 heterocycles. The smallest absolute Gasteiger partial charge is 0.414 e. The van der Waals surface area contributed by atoms with Gasteiger partial charge < -0.3 is 4.74 Å². The lowest BCUT2D eigenvalue weighted by Gasteiger charge is -2.14. The van der Waals surface area contributed by atoms with Gasteiger partial charge in [-0.25, -0.2) is 4.79 Å². The van der Waals surface area contributed by atoms with Gasteiger partial charge in [0.25, 0.3) is 0 Å². The van der Waals surface area contributed by atoms with Crippen LogP contribution in [0.5, 0.6) is 0 Å². The molecule has 0 N–H and O–H groups in total. The molecular weight excluding hydrogens is 216 g/mol. The van der Waals surface area contributed by atoms with Crippen molar-refractivity contribution in [3.8, 4) is 6.07 Å². The predicted octanol–water partition coefficient (Wildman–Crippen LogP) is 2.17. The second-order valence-corrected chi connectivity index (χ2v) is 3.48. The number of halogens is 1. The van der Waals surface area contributed by atoms with Crippen LogP contribution < -0.4 is 4.90 Å². The van der Waals surface area contributed by atoms with Crippen molar-refractivity contribution < 1.29 is 9.53 Å². The largest absolute Gasteiger partial charge is 0.447 e. The third-order valence-electron chi connectivity index (χ3n) is 2.13. The minimum atomic E-state index is -0.436. The fraction of sp³-hybridized carbons (Fsp3) is 0.200. The molecule has 0 radical (unpaired) electrons. The summed E-state index contributed by atoms with van der Waals surface area (Å²) >= 11 is 5.81. The van der Waals surface area contributed by atoms with Crippen molar-refractivity contribution >= 4 is 23.4 Å². The van der Waals surface area contributed by atoms with Crippen LogP contribution in [0, 0.1) is 11.3 Å². The van der Waals surface area contributed by atoms with E-state index >= 15 is 0 Å². The van der Waals surface area contributed by atoms with Gasteiger partial charge in [-0.3, -0.25) is 4.90 Å². The quantitative estimate of drug-likeness (QED) is 0.732. The van der Waals surface area contributed by atoms with Crippen LogP contribution in [0.3, 0.4) is 0 Å². The molecular formula is C10H7ClN2O2. The molecule has 0 bridgehead atoms. The Morgan fingerprint density at radius 2 is 2.33 bits per heavy atom. The summed E-state index contributed by atoms with van der Waals surface area (Å²) in [6, 6.07) is 6.80. The lowest BCUT2D eigenvalue weighted by Crippen LogP contribution is -2.24. The maximum absolute atomic E-state index is 11.3. The molecule has 1 aromatic carbocycles. The first-order chi connectivity index (χ1) is 7.22. The number of nitriles is 1. The van der Waals surface area contributed by atoms with E-state index < -0.39 is 6.09 Å². The van der Waals surface area contributed by atoms with Gasteiger partial charge in [-0.05, 0) is 18.2 Å². The van der Waals surface area contributed by atoms with Crippen LogP contribution in [-0.4, -0.2) is 19.2 Å². The van der Waals surface area contributed by atoms with E-state index in [0.29, 0.717) is 29.4 Å². The molecule has 76 valence electrons. The Labute approximate surface area is 91.6 Å². The highest BCUT2D eigenvalue weighted by atomic mass is 35.5. The van der Waals surface area contributed by atoms with Crippen LogP contribution in [0.1, 0.15) is 5.56 Å². The van der Waals surface area contributed by atoms with Gasteiger partial charge in [-0.2, -0.15) is 5.26 Å². The number of ether oxygens (including phenoxy) is 1. The van der Waals surface area contributed by atoms with E-state index in [0.717, 1.165) is 0 Å². The van der Waals surface area contributed by atoms with Crippen LogP contribution >= 0.6 is 11.6 Å². The minimum absolute atomic E-state index is 0.343. The van der Waals surface area contributed by atoms with Crippen LogP contribution in [0.15, 0.2) is 18.2 Å². The number of benzene rings is 1. The number of hydrogen-bond donors (Lipinski definition) is 0. The first-order valence-corrected chi connectivity index (χ1v) is 4.74. The summed E-state index contributed by atoms with van der Waals surface area (Å²) in [6.45, 7) is 0.796. The number of nitrogens with zero attached hydrogens (tertiary/aromatic N) is 2. The number of carbonyl (C=O) groups excluding carboxylic acids is 1. The number of cyclic esters (lactones) is 1. The Kier molecular flexibility index (Phi) is 2.48. The van der Waals surface area contributed by atoms with Crippen molar-refractivity contribution in [2.75, 3.05) is 18.1 Å². The molecule has 1 fully saturated rings. The van der Waals surface area contributed by atoms with Gasteiger partial charge in [0.05, 0.1) is 17.8 Å².